The number of carbonyl (C=O) groups is 5. The Morgan fingerprint density at radius 1 is 0.935 bits per heavy atom. The van der Waals surface area contributed by atoms with Crippen LogP contribution in [-0.2, 0) is 37.6 Å². The van der Waals surface area contributed by atoms with E-state index < -0.39 is 17.4 Å². The van der Waals surface area contributed by atoms with Crippen LogP contribution in [-0.4, -0.2) is 82.5 Å². The van der Waals surface area contributed by atoms with E-state index in [0.29, 0.717) is 55.2 Å². The molecule has 5 aliphatic rings. The molecule has 0 bridgehead atoms. The first-order valence-electron chi connectivity index (χ1n) is 16.7. The molecule has 2 unspecified atom stereocenters. The van der Waals surface area contributed by atoms with Gasteiger partial charge in [0.15, 0.2) is 0 Å². The van der Waals surface area contributed by atoms with Gasteiger partial charge in [0, 0.05) is 31.6 Å². The third kappa shape index (κ3) is 5.39. The summed E-state index contributed by atoms with van der Waals surface area (Å²) in [6, 6.07) is 10.7. The summed E-state index contributed by atoms with van der Waals surface area (Å²) in [6.45, 7) is 3.22. The number of hydrogen-bond donors (Lipinski definition) is 2. The first kappa shape index (κ1) is 30.9. The van der Waals surface area contributed by atoms with Crippen molar-refractivity contribution in [3.8, 4) is 0 Å². The van der Waals surface area contributed by atoms with Crippen molar-refractivity contribution >= 4 is 46.8 Å². The molecule has 0 radical (unpaired) electrons. The average molecular weight is 646 g/mol. The topological polar surface area (TPSA) is 119 Å². The van der Waals surface area contributed by atoms with Crippen molar-refractivity contribution < 1.29 is 24.0 Å². The zero-order valence-corrected chi connectivity index (χ0v) is 26.7. The van der Waals surface area contributed by atoms with Crippen molar-refractivity contribution in [3.63, 3.8) is 0 Å². The van der Waals surface area contributed by atoms with Crippen LogP contribution < -0.4 is 10.6 Å². The highest BCUT2D eigenvalue weighted by Crippen LogP contribution is 2.47. The molecular weight excluding hydrogens is 606 g/mol. The number of amides is 5. The second kappa shape index (κ2) is 12.4. The summed E-state index contributed by atoms with van der Waals surface area (Å²) in [6.07, 6.45) is 7.41. The second-order valence-electron chi connectivity index (χ2n) is 13.4. The van der Waals surface area contributed by atoms with Gasteiger partial charge in [0.25, 0.3) is 5.91 Å². The molecule has 46 heavy (non-hydrogen) atoms. The number of para-hydroxylation sites is 1. The van der Waals surface area contributed by atoms with Crippen molar-refractivity contribution in [2.24, 2.45) is 0 Å². The smallest absolute Gasteiger partial charge is 0.255 e. The summed E-state index contributed by atoms with van der Waals surface area (Å²) < 4.78 is 0. The van der Waals surface area contributed by atoms with E-state index in [9.17, 15) is 24.0 Å². The van der Waals surface area contributed by atoms with Gasteiger partial charge < -0.3 is 15.1 Å². The lowest BCUT2D eigenvalue weighted by molar-refractivity contribution is -0.141. The highest BCUT2D eigenvalue weighted by atomic mass is 35.5. The normalized spacial score (nSPS) is 24.2. The number of nitrogens with zero attached hydrogens (tertiary/aromatic N) is 3. The van der Waals surface area contributed by atoms with E-state index in [1.165, 1.54) is 0 Å². The van der Waals surface area contributed by atoms with Crippen molar-refractivity contribution in [1.29, 1.82) is 0 Å². The van der Waals surface area contributed by atoms with E-state index in [-0.39, 0.29) is 36.1 Å². The summed E-state index contributed by atoms with van der Waals surface area (Å²) in [7, 11) is 0. The minimum Gasteiger partial charge on any atom is -0.341 e. The zero-order valence-electron chi connectivity index (χ0n) is 26.0. The number of piperidine rings is 3. The Kier molecular flexibility index (Phi) is 8.35. The van der Waals surface area contributed by atoms with Gasteiger partial charge in [0.1, 0.15) is 6.04 Å². The quantitative estimate of drug-likeness (QED) is 0.349. The van der Waals surface area contributed by atoms with Gasteiger partial charge >= 0.3 is 0 Å². The maximum absolute atomic E-state index is 13.8. The fraction of sp³-hybridized carbons (Fsp3) is 0.514. The van der Waals surface area contributed by atoms with Gasteiger partial charge in [-0.15, -0.1) is 0 Å². The lowest BCUT2D eigenvalue weighted by Crippen LogP contribution is -2.55. The average Bonchev–Trinajstić information content (AvgIpc) is 3.54. The Balaban J connectivity index is 0.939. The maximum atomic E-state index is 13.8. The number of nitrogens with one attached hydrogen (secondary N) is 2. The Bertz CT molecular complexity index is 1600. The predicted octanol–water partition coefficient (Wildman–Crippen LogP) is 3.79. The molecule has 10 nitrogen and oxygen atoms in total. The van der Waals surface area contributed by atoms with E-state index in [1.807, 2.05) is 29.2 Å². The molecule has 5 aliphatic heterocycles. The Morgan fingerprint density at radius 2 is 1.74 bits per heavy atom. The molecule has 2 aromatic rings. The summed E-state index contributed by atoms with van der Waals surface area (Å²) in [4.78, 5) is 70.1. The van der Waals surface area contributed by atoms with Crippen LogP contribution in [0.3, 0.4) is 0 Å². The minimum atomic E-state index is -0.621. The number of halogens is 1. The van der Waals surface area contributed by atoms with E-state index in [4.69, 9.17) is 11.6 Å². The number of aryl methyl sites for hydroxylation is 1. The first-order chi connectivity index (χ1) is 22.3. The molecule has 1 spiro atoms. The van der Waals surface area contributed by atoms with E-state index in [1.54, 1.807) is 11.0 Å². The molecule has 0 aromatic heterocycles. The molecule has 0 aliphatic carbocycles. The number of unbranched alkanes of at least 4 members (excludes halogenated alkanes) is 1. The van der Waals surface area contributed by atoms with Crippen LogP contribution in [0.4, 0.5) is 5.69 Å². The maximum Gasteiger partial charge on any atom is 0.255 e. The Labute approximate surface area is 273 Å². The highest BCUT2D eigenvalue weighted by molar-refractivity contribution is 6.34. The zero-order chi connectivity index (χ0) is 32.0. The second-order valence-corrected chi connectivity index (χ2v) is 13.8. The molecule has 3 saturated heterocycles. The van der Waals surface area contributed by atoms with E-state index >= 15 is 0 Å². The van der Waals surface area contributed by atoms with Crippen molar-refractivity contribution in [1.82, 2.24) is 20.0 Å². The molecule has 242 valence electrons. The lowest BCUT2D eigenvalue weighted by atomic mass is 9.73. The van der Waals surface area contributed by atoms with E-state index in [0.717, 1.165) is 68.3 Å². The van der Waals surface area contributed by atoms with Crippen LogP contribution in [0.15, 0.2) is 36.4 Å². The van der Waals surface area contributed by atoms with Crippen LogP contribution in [0.5, 0.6) is 0 Å². The molecule has 5 amide bonds. The van der Waals surface area contributed by atoms with Crippen LogP contribution in [0.25, 0.3) is 0 Å². The Hall–Kier alpha value is -3.76. The monoisotopic (exact) mass is 645 g/mol. The summed E-state index contributed by atoms with van der Waals surface area (Å²) in [5.74, 6) is -0.673. The number of carbonyl (C=O) groups excluding carboxylic acids is 5. The van der Waals surface area contributed by atoms with Gasteiger partial charge in [-0.25, -0.2) is 0 Å². The van der Waals surface area contributed by atoms with Crippen LogP contribution in [0.2, 0.25) is 5.02 Å². The number of likely N-dealkylation sites (tertiary alicyclic amines) is 2. The number of rotatable bonds is 7. The van der Waals surface area contributed by atoms with Gasteiger partial charge in [-0.05, 0) is 93.3 Å². The van der Waals surface area contributed by atoms with Gasteiger partial charge in [0.05, 0.1) is 22.2 Å². The molecule has 11 heteroatoms. The number of hydrogen-bond acceptors (Lipinski definition) is 6. The fourth-order valence-corrected chi connectivity index (χ4v) is 8.50. The largest absolute Gasteiger partial charge is 0.341 e. The standard InChI is InChI=1S/C35H40ClN5O5/c36-26-11-6-10-25-30(26)38-34(46)35(25)15-19-40(20-16-35)33(45)28-12-2-4-18-39(28)17-3-1-7-22-8-5-9-23-24(22)21-41(32(23)44)27-13-14-29(42)37-31(27)43/h5-6,8-11,27-28H,1-4,7,12-21H2,(H,38,46)(H,37,42,43). The number of imide groups is 1. The molecule has 2 N–H and O–H groups in total. The number of fused-ring (bicyclic) bond motifs is 3. The van der Waals surface area contributed by atoms with Gasteiger partial charge in [-0.2, -0.15) is 0 Å². The number of anilines is 1. The minimum absolute atomic E-state index is 0.0147. The SMILES string of the molecule is O=C1CCC(N2Cc3c(CCCCN4CCCCC4C(=O)N4CCC5(CC4)C(=O)Nc4c(Cl)cccc45)cccc3C2=O)C(=O)N1. The third-order valence-electron chi connectivity index (χ3n) is 10.9. The molecular formula is C35H40ClN5O5. The fourth-order valence-electron chi connectivity index (χ4n) is 8.27. The van der Waals surface area contributed by atoms with Gasteiger partial charge in [-0.1, -0.05) is 42.3 Å². The highest BCUT2D eigenvalue weighted by Gasteiger charge is 2.50. The summed E-state index contributed by atoms with van der Waals surface area (Å²) in [5, 5.41) is 5.91. The predicted molar refractivity (Wildman–Crippen MR) is 172 cm³/mol. The molecule has 3 fully saturated rings. The lowest BCUT2D eigenvalue weighted by Gasteiger charge is -2.42. The summed E-state index contributed by atoms with van der Waals surface area (Å²) >= 11 is 6.37. The van der Waals surface area contributed by atoms with Gasteiger partial charge in [-0.3, -0.25) is 34.2 Å². The van der Waals surface area contributed by atoms with Crippen molar-refractivity contribution in [3.05, 3.63) is 63.7 Å². The van der Waals surface area contributed by atoms with Crippen LogP contribution >= 0.6 is 11.6 Å². The van der Waals surface area contributed by atoms with Crippen LogP contribution in [0, 0.1) is 0 Å². The Morgan fingerprint density at radius 3 is 2.54 bits per heavy atom. The van der Waals surface area contributed by atoms with Crippen molar-refractivity contribution in [2.45, 2.75) is 88.3 Å². The molecule has 2 aromatic carbocycles. The first-order valence-corrected chi connectivity index (χ1v) is 17.0. The van der Waals surface area contributed by atoms with E-state index in [2.05, 4.69) is 21.6 Å². The van der Waals surface area contributed by atoms with Crippen LogP contribution in [0.1, 0.15) is 84.8 Å². The van der Waals surface area contributed by atoms with Gasteiger partial charge in [0.2, 0.25) is 23.6 Å². The molecule has 2 atom stereocenters. The molecule has 7 rings (SSSR count). The molecule has 5 heterocycles. The molecule has 0 saturated carbocycles. The number of benzene rings is 2. The van der Waals surface area contributed by atoms with Crippen molar-refractivity contribution in [2.75, 3.05) is 31.5 Å². The summed E-state index contributed by atoms with van der Waals surface area (Å²) in [5.41, 5.74) is 3.79. The third-order valence-corrected chi connectivity index (χ3v) is 11.2.